The van der Waals surface area contributed by atoms with E-state index in [9.17, 15) is 5.26 Å². The van der Waals surface area contributed by atoms with E-state index in [-0.39, 0.29) is 0 Å². The highest BCUT2D eigenvalue weighted by Gasteiger charge is 2.19. The lowest BCUT2D eigenvalue weighted by Gasteiger charge is -2.11. The number of hydrogen-bond donors (Lipinski definition) is 0. The number of hydrogen-bond acceptors (Lipinski definition) is 2. The molecule has 136 valence electrons. The molecule has 0 radical (unpaired) electrons. The van der Waals surface area contributed by atoms with Crippen molar-refractivity contribution in [1.82, 2.24) is 0 Å². The molecule has 0 saturated heterocycles. The first-order chi connectivity index (χ1) is 14.4. The minimum atomic E-state index is 0.706. The molecule has 0 spiro atoms. The first-order valence-electron chi connectivity index (χ1n) is 9.52. The van der Waals surface area contributed by atoms with Gasteiger partial charge in [-0.2, -0.15) is 5.26 Å². The SMILES string of the molecule is N#Cc1cccc(-c2ccccc2)c1-c1sc(-c2ccccc2)c2ccccc12. The molecule has 0 saturated carbocycles. The lowest BCUT2D eigenvalue weighted by atomic mass is 9.93. The van der Waals surface area contributed by atoms with Crippen molar-refractivity contribution in [1.29, 1.82) is 5.26 Å². The summed E-state index contributed by atoms with van der Waals surface area (Å²) in [6, 6.07) is 37.7. The summed E-state index contributed by atoms with van der Waals surface area (Å²) in [6.07, 6.45) is 0. The largest absolute Gasteiger partial charge is 0.192 e. The van der Waals surface area contributed by atoms with Crippen LogP contribution >= 0.6 is 11.3 Å². The van der Waals surface area contributed by atoms with Crippen molar-refractivity contribution in [3.05, 3.63) is 109 Å². The molecule has 29 heavy (non-hydrogen) atoms. The van der Waals surface area contributed by atoms with Crippen LogP contribution in [0.1, 0.15) is 5.56 Å². The maximum absolute atomic E-state index is 9.90. The molecule has 4 aromatic carbocycles. The number of nitrogens with zero attached hydrogens (tertiary/aromatic N) is 1. The Labute approximate surface area is 174 Å². The fourth-order valence-corrected chi connectivity index (χ4v) is 5.19. The zero-order valence-corrected chi connectivity index (χ0v) is 16.5. The third kappa shape index (κ3) is 3.02. The molecule has 0 atom stereocenters. The van der Waals surface area contributed by atoms with Crippen LogP contribution in [0, 0.1) is 11.3 Å². The van der Waals surface area contributed by atoms with Crippen LogP contribution in [0.3, 0.4) is 0 Å². The number of benzene rings is 4. The van der Waals surface area contributed by atoms with Crippen molar-refractivity contribution in [2.24, 2.45) is 0 Å². The number of nitriles is 1. The second kappa shape index (κ2) is 7.39. The molecule has 0 amide bonds. The van der Waals surface area contributed by atoms with Gasteiger partial charge in [0.25, 0.3) is 0 Å². The van der Waals surface area contributed by atoms with Crippen LogP contribution in [-0.2, 0) is 0 Å². The molecule has 0 aliphatic carbocycles. The average molecular weight is 388 g/mol. The Balaban J connectivity index is 1.86. The van der Waals surface area contributed by atoms with Gasteiger partial charge in [0.2, 0.25) is 0 Å². The van der Waals surface area contributed by atoms with Gasteiger partial charge in [-0.05, 0) is 22.8 Å². The van der Waals surface area contributed by atoms with Gasteiger partial charge >= 0.3 is 0 Å². The van der Waals surface area contributed by atoms with E-state index in [0.29, 0.717) is 5.56 Å². The Morgan fingerprint density at radius 2 is 1.14 bits per heavy atom. The summed E-state index contributed by atoms with van der Waals surface area (Å²) < 4.78 is 0. The Morgan fingerprint density at radius 3 is 1.79 bits per heavy atom. The molecule has 2 heteroatoms. The molecule has 0 N–H and O–H groups in total. The Kier molecular flexibility index (Phi) is 4.44. The van der Waals surface area contributed by atoms with Crippen LogP contribution in [0.25, 0.3) is 42.8 Å². The second-order valence-electron chi connectivity index (χ2n) is 6.88. The summed E-state index contributed by atoms with van der Waals surface area (Å²) in [5, 5.41) is 12.3. The third-order valence-corrected chi connectivity index (χ3v) is 6.44. The van der Waals surface area contributed by atoms with E-state index in [1.165, 1.54) is 21.2 Å². The molecule has 0 aliphatic rings. The lowest BCUT2D eigenvalue weighted by Crippen LogP contribution is -1.88. The van der Waals surface area contributed by atoms with Crippen molar-refractivity contribution in [3.8, 4) is 38.1 Å². The standard InChI is InChI=1S/C27H17NS/c28-18-21-14-9-17-22(19-10-3-1-4-11-19)25(21)27-24-16-8-7-15-23(24)26(29-27)20-12-5-2-6-13-20/h1-17H. The predicted octanol–water partition coefficient (Wildman–Crippen LogP) is 7.77. The van der Waals surface area contributed by atoms with E-state index < -0.39 is 0 Å². The molecule has 1 nitrogen and oxygen atoms in total. The molecular formula is C27H17NS. The quantitative estimate of drug-likeness (QED) is 0.310. The predicted molar refractivity (Wildman–Crippen MR) is 123 cm³/mol. The highest BCUT2D eigenvalue weighted by atomic mass is 32.1. The minimum absolute atomic E-state index is 0.706. The number of fused-ring (bicyclic) bond motifs is 1. The van der Waals surface area contributed by atoms with Gasteiger partial charge in [-0.1, -0.05) is 97.1 Å². The Morgan fingerprint density at radius 1 is 0.552 bits per heavy atom. The van der Waals surface area contributed by atoms with E-state index in [1.807, 2.05) is 36.4 Å². The highest BCUT2D eigenvalue weighted by molar-refractivity contribution is 7.21. The number of rotatable bonds is 3. The van der Waals surface area contributed by atoms with Gasteiger partial charge in [0.1, 0.15) is 0 Å². The maximum atomic E-state index is 9.90. The molecular weight excluding hydrogens is 370 g/mol. The molecule has 0 aliphatic heterocycles. The normalized spacial score (nSPS) is 10.7. The van der Waals surface area contributed by atoms with Crippen LogP contribution in [0.2, 0.25) is 0 Å². The first kappa shape index (κ1) is 17.4. The van der Waals surface area contributed by atoms with Gasteiger partial charge < -0.3 is 0 Å². The van der Waals surface area contributed by atoms with E-state index in [4.69, 9.17) is 0 Å². The monoisotopic (exact) mass is 387 g/mol. The van der Waals surface area contributed by atoms with Crippen molar-refractivity contribution in [3.63, 3.8) is 0 Å². The fraction of sp³-hybridized carbons (Fsp3) is 0. The van der Waals surface area contributed by atoms with E-state index >= 15 is 0 Å². The molecule has 0 unspecified atom stereocenters. The summed E-state index contributed by atoms with van der Waals surface area (Å²) in [7, 11) is 0. The third-order valence-electron chi connectivity index (χ3n) is 5.15. The second-order valence-corrected chi connectivity index (χ2v) is 7.90. The minimum Gasteiger partial charge on any atom is -0.192 e. The Bertz CT molecular complexity index is 1340. The zero-order chi connectivity index (χ0) is 19.6. The van der Waals surface area contributed by atoms with Crippen molar-refractivity contribution < 1.29 is 0 Å². The van der Waals surface area contributed by atoms with Crippen molar-refractivity contribution in [2.75, 3.05) is 0 Å². The van der Waals surface area contributed by atoms with E-state index in [2.05, 4.69) is 72.8 Å². The van der Waals surface area contributed by atoms with Crippen LogP contribution in [0.4, 0.5) is 0 Å². The van der Waals surface area contributed by atoms with Crippen LogP contribution in [0.5, 0.6) is 0 Å². The molecule has 1 aromatic heterocycles. The summed E-state index contributed by atoms with van der Waals surface area (Å²) in [4.78, 5) is 2.39. The molecule has 1 heterocycles. The van der Waals surface area contributed by atoms with Crippen molar-refractivity contribution >= 4 is 22.1 Å². The van der Waals surface area contributed by atoms with Crippen LogP contribution in [0.15, 0.2) is 103 Å². The van der Waals surface area contributed by atoms with Gasteiger partial charge in [-0.3, -0.25) is 0 Å². The number of thiophene rings is 1. The topological polar surface area (TPSA) is 23.8 Å². The average Bonchev–Trinajstić information content (AvgIpc) is 3.19. The van der Waals surface area contributed by atoms with Crippen molar-refractivity contribution in [2.45, 2.75) is 0 Å². The molecule has 5 rings (SSSR count). The Hall–Kier alpha value is -3.67. The zero-order valence-electron chi connectivity index (χ0n) is 15.7. The highest BCUT2D eigenvalue weighted by Crippen LogP contribution is 2.47. The maximum Gasteiger partial charge on any atom is 0.0998 e. The summed E-state index contributed by atoms with van der Waals surface area (Å²) in [5.74, 6) is 0. The summed E-state index contributed by atoms with van der Waals surface area (Å²) in [6.45, 7) is 0. The van der Waals surface area contributed by atoms with Gasteiger partial charge in [0.15, 0.2) is 0 Å². The van der Waals surface area contributed by atoms with Gasteiger partial charge in [-0.25, -0.2) is 0 Å². The van der Waals surface area contributed by atoms with Crippen LogP contribution < -0.4 is 0 Å². The fourth-order valence-electron chi connectivity index (χ4n) is 3.83. The summed E-state index contributed by atoms with van der Waals surface area (Å²) in [5.41, 5.74) is 5.15. The van der Waals surface area contributed by atoms with Gasteiger partial charge in [0.05, 0.1) is 11.6 Å². The smallest absolute Gasteiger partial charge is 0.0998 e. The van der Waals surface area contributed by atoms with Crippen LogP contribution in [-0.4, -0.2) is 0 Å². The van der Waals surface area contributed by atoms with E-state index in [1.54, 1.807) is 11.3 Å². The lowest BCUT2D eigenvalue weighted by molar-refractivity contribution is 1.48. The molecule has 0 fully saturated rings. The van der Waals surface area contributed by atoms with E-state index in [0.717, 1.165) is 21.6 Å². The molecule has 0 bridgehead atoms. The molecule has 5 aromatic rings. The summed E-state index contributed by atoms with van der Waals surface area (Å²) >= 11 is 1.77. The van der Waals surface area contributed by atoms with Gasteiger partial charge in [0, 0.05) is 26.1 Å². The first-order valence-corrected chi connectivity index (χ1v) is 10.3. The van der Waals surface area contributed by atoms with Gasteiger partial charge in [-0.15, -0.1) is 11.3 Å².